The topological polar surface area (TPSA) is 26.0 Å². The molecule has 0 aromatic heterocycles. The number of rotatable bonds is 1. The summed E-state index contributed by atoms with van der Waals surface area (Å²) in [4.78, 5) is 0. The van der Waals surface area contributed by atoms with E-state index in [0.717, 1.165) is 29.6 Å². The van der Waals surface area contributed by atoms with Crippen LogP contribution in [0.15, 0.2) is 0 Å². The van der Waals surface area contributed by atoms with Gasteiger partial charge in [-0.2, -0.15) is 0 Å². The maximum Gasteiger partial charge on any atom is 0.00728 e. The minimum Gasteiger partial charge on any atom is -0.327 e. The van der Waals surface area contributed by atoms with Crippen LogP contribution in [0.25, 0.3) is 0 Å². The summed E-state index contributed by atoms with van der Waals surface area (Å²) in [5, 5.41) is 0. The molecular weight excluding hydrogens is 182 g/mol. The highest BCUT2D eigenvalue weighted by Crippen LogP contribution is 2.59. The van der Waals surface area contributed by atoms with Gasteiger partial charge in [-0.05, 0) is 47.8 Å². The molecule has 5 atom stereocenters. The van der Waals surface area contributed by atoms with Crippen molar-refractivity contribution in [2.45, 2.75) is 53.5 Å². The van der Waals surface area contributed by atoms with E-state index in [1.165, 1.54) is 12.8 Å². The Labute approximate surface area is 94.8 Å². The summed E-state index contributed by atoms with van der Waals surface area (Å²) < 4.78 is 0. The van der Waals surface area contributed by atoms with Crippen molar-refractivity contribution >= 4 is 0 Å². The normalized spacial score (nSPS) is 45.4. The first-order valence-corrected chi connectivity index (χ1v) is 6.58. The number of nitrogens with two attached hydrogens (primary N) is 1. The maximum atomic E-state index is 6.25. The molecule has 2 rings (SSSR count). The van der Waals surface area contributed by atoms with Crippen LogP contribution in [0.1, 0.15) is 47.5 Å². The van der Waals surface area contributed by atoms with E-state index in [-0.39, 0.29) is 0 Å². The summed E-state index contributed by atoms with van der Waals surface area (Å²) in [6, 6.07) is 0.501. The van der Waals surface area contributed by atoms with Gasteiger partial charge < -0.3 is 5.73 Å². The smallest absolute Gasteiger partial charge is 0.00728 e. The molecule has 0 radical (unpaired) electrons. The second kappa shape index (κ2) is 3.48. The molecule has 88 valence electrons. The van der Waals surface area contributed by atoms with E-state index < -0.39 is 0 Å². The summed E-state index contributed by atoms with van der Waals surface area (Å²) in [5.74, 6) is 4.31. The van der Waals surface area contributed by atoms with E-state index in [2.05, 4.69) is 34.6 Å². The Kier molecular flexibility index (Phi) is 2.65. The van der Waals surface area contributed by atoms with Gasteiger partial charge in [0.1, 0.15) is 0 Å². The van der Waals surface area contributed by atoms with Crippen molar-refractivity contribution in [1.29, 1.82) is 0 Å². The van der Waals surface area contributed by atoms with Gasteiger partial charge in [-0.25, -0.2) is 0 Å². The Balaban J connectivity index is 2.25. The van der Waals surface area contributed by atoms with Gasteiger partial charge in [0, 0.05) is 6.04 Å². The summed E-state index contributed by atoms with van der Waals surface area (Å²) in [6.07, 6.45) is 2.70. The van der Waals surface area contributed by atoms with E-state index >= 15 is 0 Å². The molecule has 1 heteroatoms. The third-order valence-corrected chi connectivity index (χ3v) is 4.89. The van der Waals surface area contributed by atoms with Crippen molar-refractivity contribution in [2.24, 2.45) is 40.7 Å². The molecule has 1 nitrogen and oxygen atoms in total. The fourth-order valence-electron chi connectivity index (χ4n) is 4.65. The van der Waals surface area contributed by atoms with Gasteiger partial charge in [0.05, 0.1) is 0 Å². The van der Waals surface area contributed by atoms with Gasteiger partial charge in [0.15, 0.2) is 0 Å². The van der Waals surface area contributed by atoms with Crippen LogP contribution in [0.2, 0.25) is 0 Å². The molecular formula is C14H27N. The molecule has 2 N–H and O–H groups in total. The Bertz CT molecular complexity index is 238. The predicted octanol–water partition coefficient (Wildman–Crippen LogP) is 3.29. The highest BCUT2D eigenvalue weighted by Gasteiger charge is 2.55. The lowest BCUT2D eigenvalue weighted by molar-refractivity contribution is 0.0579. The molecule has 0 aromatic carbocycles. The zero-order valence-corrected chi connectivity index (χ0v) is 11.0. The van der Waals surface area contributed by atoms with Crippen molar-refractivity contribution < 1.29 is 0 Å². The summed E-state index contributed by atoms with van der Waals surface area (Å²) in [7, 11) is 0. The van der Waals surface area contributed by atoms with Crippen LogP contribution in [0, 0.1) is 35.0 Å². The van der Waals surface area contributed by atoms with Crippen LogP contribution in [-0.2, 0) is 0 Å². The highest BCUT2D eigenvalue weighted by atomic mass is 14.7. The number of fused-ring (bicyclic) bond motifs is 2. The van der Waals surface area contributed by atoms with Crippen LogP contribution in [0.3, 0.4) is 0 Å². The predicted molar refractivity (Wildman–Crippen MR) is 65.5 cm³/mol. The van der Waals surface area contributed by atoms with Crippen LogP contribution in [0.5, 0.6) is 0 Å². The van der Waals surface area contributed by atoms with E-state index in [1.54, 1.807) is 0 Å². The molecule has 0 spiro atoms. The van der Waals surface area contributed by atoms with E-state index in [9.17, 15) is 0 Å². The lowest BCUT2D eigenvalue weighted by atomic mass is 9.62. The van der Waals surface area contributed by atoms with Crippen molar-refractivity contribution in [3.8, 4) is 0 Å². The fourth-order valence-corrected chi connectivity index (χ4v) is 4.65. The van der Waals surface area contributed by atoms with Crippen LogP contribution in [0.4, 0.5) is 0 Å². The number of hydrogen-bond acceptors (Lipinski definition) is 1. The largest absolute Gasteiger partial charge is 0.327 e. The first kappa shape index (κ1) is 11.4. The molecule has 0 saturated heterocycles. The first-order valence-electron chi connectivity index (χ1n) is 6.58. The second-order valence-corrected chi connectivity index (χ2v) is 7.27. The van der Waals surface area contributed by atoms with Crippen molar-refractivity contribution in [3.05, 3.63) is 0 Å². The molecule has 2 fully saturated rings. The van der Waals surface area contributed by atoms with Gasteiger partial charge in [0.2, 0.25) is 0 Å². The van der Waals surface area contributed by atoms with E-state index in [4.69, 9.17) is 5.73 Å². The molecule has 5 unspecified atom stereocenters. The minimum atomic E-state index is 0.467. The maximum absolute atomic E-state index is 6.25. The monoisotopic (exact) mass is 209 g/mol. The van der Waals surface area contributed by atoms with E-state index in [1.807, 2.05) is 0 Å². The Hall–Kier alpha value is -0.0400. The van der Waals surface area contributed by atoms with Crippen molar-refractivity contribution in [1.82, 2.24) is 0 Å². The molecule has 2 saturated carbocycles. The lowest BCUT2D eigenvalue weighted by Gasteiger charge is -2.44. The lowest BCUT2D eigenvalue weighted by Crippen LogP contribution is -2.43. The van der Waals surface area contributed by atoms with Crippen LogP contribution in [-0.4, -0.2) is 6.04 Å². The molecule has 2 aliphatic rings. The Morgan fingerprint density at radius 3 is 2.20 bits per heavy atom. The zero-order chi connectivity index (χ0) is 11.4. The third kappa shape index (κ3) is 1.73. The first-order chi connectivity index (χ1) is 6.82. The van der Waals surface area contributed by atoms with Crippen molar-refractivity contribution in [3.63, 3.8) is 0 Å². The second-order valence-electron chi connectivity index (χ2n) is 7.27. The molecule has 0 heterocycles. The van der Waals surface area contributed by atoms with Crippen LogP contribution >= 0.6 is 0 Å². The van der Waals surface area contributed by atoms with Gasteiger partial charge in [-0.15, -0.1) is 0 Å². The van der Waals surface area contributed by atoms with Crippen molar-refractivity contribution in [2.75, 3.05) is 0 Å². The summed E-state index contributed by atoms with van der Waals surface area (Å²) in [6.45, 7) is 12.0. The average molecular weight is 209 g/mol. The molecule has 15 heavy (non-hydrogen) atoms. The molecule has 2 bridgehead atoms. The molecule has 0 amide bonds. The minimum absolute atomic E-state index is 0.467. The number of hydrogen-bond donors (Lipinski definition) is 1. The quantitative estimate of drug-likeness (QED) is 0.704. The zero-order valence-electron chi connectivity index (χ0n) is 11.0. The van der Waals surface area contributed by atoms with Gasteiger partial charge in [-0.1, -0.05) is 34.6 Å². The van der Waals surface area contributed by atoms with Gasteiger partial charge in [0.25, 0.3) is 0 Å². The van der Waals surface area contributed by atoms with Gasteiger partial charge in [-0.3, -0.25) is 0 Å². The summed E-state index contributed by atoms with van der Waals surface area (Å²) in [5.41, 5.74) is 6.72. The Morgan fingerprint density at radius 1 is 1.13 bits per heavy atom. The molecule has 2 aliphatic carbocycles. The van der Waals surface area contributed by atoms with Crippen LogP contribution < -0.4 is 5.73 Å². The highest BCUT2D eigenvalue weighted by molar-refractivity contribution is 5.06. The fraction of sp³-hybridized carbons (Fsp3) is 1.00. The van der Waals surface area contributed by atoms with E-state index in [0.29, 0.717) is 11.5 Å². The van der Waals surface area contributed by atoms with Gasteiger partial charge >= 0.3 is 0 Å². The molecule has 0 aliphatic heterocycles. The molecule has 0 aromatic rings. The summed E-state index contributed by atoms with van der Waals surface area (Å²) >= 11 is 0. The Morgan fingerprint density at radius 2 is 1.73 bits per heavy atom. The third-order valence-electron chi connectivity index (χ3n) is 4.89. The standard InChI is InChI=1S/C14H27N/c1-8(2)12-10-6-9(7-11(10)15)13(12)14(3,4)5/h8-13H,6-7,15H2,1-5H3. The average Bonchev–Trinajstić information content (AvgIpc) is 2.56. The SMILES string of the molecule is CC(C)C1C2CC(CC2N)C1C(C)(C)C.